The zero-order valence-corrected chi connectivity index (χ0v) is 20.5. The van der Waals surface area contributed by atoms with Gasteiger partial charge < -0.3 is 4.74 Å². The van der Waals surface area contributed by atoms with Crippen LogP contribution in [-0.4, -0.2) is 22.6 Å². The molecule has 0 saturated carbocycles. The molecule has 35 heavy (non-hydrogen) atoms. The topological polar surface area (TPSA) is 41.9 Å². The summed E-state index contributed by atoms with van der Waals surface area (Å²) in [5.74, 6) is 0.708. The number of carbonyl (C=O) groups is 1. The molecule has 0 aromatic heterocycles. The average Bonchev–Trinajstić information content (AvgIpc) is 3.20. The summed E-state index contributed by atoms with van der Waals surface area (Å²) in [5, 5.41) is 2.82. The van der Waals surface area contributed by atoms with Gasteiger partial charge in [-0.2, -0.15) is 0 Å². The van der Waals surface area contributed by atoms with E-state index in [0.29, 0.717) is 16.7 Å². The van der Waals surface area contributed by atoms with Crippen LogP contribution >= 0.6 is 11.8 Å². The third-order valence-corrected chi connectivity index (χ3v) is 6.98. The molecule has 1 atom stereocenters. The maximum atomic E-state index is 13.8. The van der Waals surface area contributed by atoms with Gasteiger partial charge in [0.25, 0.3) is 5.91 Å². The van der Waals surface area contributed by atoms with Crippen molar-refractivity contribution in [2.75, 3.05) is 6.61 Å². The first-order valence-electron chi connectivity index (χ1n) is 11.7. The van der Waals surface area contributed by atoms with Crippen molar-refractivity contribution in [2.24, 2.45) is 4.99 Å². The molecule has 4 nitrogen and oxygen atoms in total. The van der Waals surface area contributed by atoms with E-state index < -0.39 is 0 Å². The lowest BCUT2D eigenvalue weighted by Crippen LogP contribution is -2.32. The number of thioether (sulfide) groups is 1. The third kappa shape index (κ3) is 4.73. The Bertz CT molecular complexity index is 1410. The van der Waals surface area contributed by atoms with Crippen molar-refractivity contribution < 1.29 is 9.53 Å². The quantitative estimate of drug-likeness (QED) is 0.268. The molecule has 1 fully saturated rings. The fourth-order valence-corrected chi connectivity index (χ4v) is 5.29. The SMILES string of the molecule is CCOc1ccc2ccccc2c1/C=C1/SC(=Nc2ccccc2)N([C@H](C)c2ccccc2)C1=O. The Morgan fingerprint density at radius 1 is 0.914 bits per heavy atom. The Hall–Kier alpha value is -3.83. The molecule has 0 bridgehead atoms. The van der Waals surface area contributed by atoms with Gasteiger partial charge in [0.1, 0.15) is 5.75 Å². The van der Waals surface area contributed by atoms with Crippen LogP contribution in [0.1, 0.15) is 31.0 Å². The molecule has 0 N–H and O–H groups in total. The van der Waals surface area contributed by atoms with E-state index in [0.717, 1.165) is 33.3 Å². The fourth-order valence-electron chi connectivity index (χ4n) is 4.24. The highest BCUT2D eigenvalue weighted by Crippen LogP contribution is 2.41. The van der Waals surface area contributed by atoms with Gasteiger partial charge in [-0.15, -0.1) is 0 Å². The Morgan fingerprint density at radius 2 is 1.60 bits per heavy atom. The summed E-state index contributed by atoms with van der Waals surface area (Å²) >= 11 is 1.41. The number of aliphatic imine (C=N–C) groups is 1. The predicted molar refractivity (Wildman–Crippen MR) is 146 cm³/mol. The van der Waals surface area contributed by atoms with E-state index in [1.807, 2.05) is 98.8 Å². The van der Waals surface area contributed by atoms with Crippen molar-refractivity contribution in [2.45, 2.75) is 19.9 Å². The molecule has 0 unspecified atom stereocenters. The third-order valence-electron chi connectivity index (χ3n) is 5.99. The minimum Gasteiger partial charge on any atom is -0.493 e. The Kier molecular flexibility index (Phi) is 6.68. The summed E-state index contributed by atoms with van der Waals surface area (Å²) in [6.07, 6.45) is 1.96. The fraction of sp³-hybridized carbons (Fsp3) is 0.133. The average molecular weight is 479 g/mol. The van der Waals surface area contributed by atoms with Crippen LogP contribution in [0.3, 0.4) is 0 Å². The number of fused-ring (bicyclic) bond motifs is 1. The van der Waals surface area contributed by atoms with Gasteiger partial charge in [0.15, 0.2) is 5.17 Å². The smallest absolute Gasteiger partial charge is 0.267 e. The summed E-state index contributed by atoms with van der Waals surface area (Å²) in [6, 6.07) is 31.9. The Balaban J connectivity index is 1.63. The van der Waals surface area contributed by atoms with E-state index in [4.69, 9.17) is 9.73 Å². The predicted octanol–water partition coefficient (Wildman–Crippen LogP) is 7.60. The molecule has 1 amide bonds. The number of ether oxygens (including phenoxy) is 1. The van der Waals surface area contributed by atoms with Crippen LogP contribution in [0.4, 0.5) is 5.69 Å². The molecule has 0 radical (unpaired) electrons. The molecule has 4 aromatic rings. The summed E-state index contributed by atoms with van der Waals surface area (Å²) < 4.78 is 5.95. The molecular weight excluding hydrogens is 452 g/mol. The van der Waals surface area contributed by atoms with E-state index >= 15 is 0 Å². The highest BCUT2D eigenvalue weighted by molar-refractivity contribution is 8.18. The lowest BCUT2D eigenvalue weighted by molar-refractivity contribution is -0.123. The second kappa shape index (κ2) is 10.2. The van der Waals surface area contributed by atoms with E-state index in [2.05, 4.69) is 18.2 Å². The van der Waals surface area contributed by atoms with Crippen molar-refractivity contribution >= 4 is 45.4 Å². The van der Waals surface area contributed by atoms with Crippen LogP contribution in [0, 0.1) is 0 Å². The van der Waals surface area contributed by atoms with E-state index in [1.165, 1.54) is 11.8 Å². The lowest BCUT2D eigenvalue weighted by Gasteiger charge is -2.24. The highest BCUT2D eigenvalue weighted by atomic mass is 32.2. The van der Waals surface area contributed by atoms with Crippen molar-refractivity contribution in [3.05, 3.63) is 113 Å². The van der Waals surface area contributed by atoms with Crippen LogP contribution < -0.4 is 4.74 Å². The summed E-state index contributed by atoms with van der Waals surface area (Å²) in [4.78, 5) is 21.1. The number of benzene rings is 4. The molecule has 1 heterocycles. The van der Waals surface area contributed by atoms with Crippen LogP contribution in [0.25, 0.3) is 16.8 Å². The van der Waals surface area contributed by atoms with Gasteiger partial charge >= 0.3 is 0 Å². The van der Waals surface area contributed by atoms with Gasteiger partial charge in [-0.1, -0.05) is 78.9 Å². The first-order chi connectivity index (χ1) is 17.2. The van der Waals surface area contributed by atoms with Crippen LogP contribution in [0.5, 0.6) is 5.75 Å². The lowest BCUT2D eigenvalue weighted by atomic mass is 10.0. The standard InChI is InChI=1S/C30H26N2O2S/c1-3-34-27-19-18-23-14-10-11-17-25(23)26(27)20-28-29(33)32(21(2)22-12-6-4-7-13-22)30(35-28)31-24-15-8-5-9-16-24/h4-21H,3H2,1-2H3/b28-20+,31-30?/t21-/m1/s1. The number of rotatable bonds is 6. The number of amides is 1. The van der Waals surface area contributed by atoms with Gasteiger partial charge in [-0.3, -0.25) is 9.69 Å². The molecule has 5 heteroatoms. The van der Waals surface area contributed by atoms with Gasteiger partial charge in [0, 0.05) is 5.56 Å². The number of carbonyl (C=O) groups excluding carboxylic acids is 1. The maximum absolute atomic E-state index is 13.8. The van der Waals surface area contributed by atoms with Crippen molar-refractivity contribution in [1.29, 1.82) is 0 Å². The Morgan fingerprint density at radius 3 is 2.34 bits per heavy atom. The number of para-hydroxylation sites is 1. The van der Waals surface area contributed by atoms with Crippen molar-refractivity contribution in [3.63, 3.8) is 0 Å². The summed E-state index contributed by atoms with van der Waals surface area (Å²) in [5.41, 5.74) is 2.78. The molecule has 1 saturated heterocycles. The molecule has 0 aliphatic carbocycles. The number of nitrogens with zero attached hydrogens (tertiary/aromatic N) is 2. The summed E-state index contributed by atoms with van der Waals surface area (Å²) in [7, 11) is 0. The maximum Gasteiger partial charge on any atom is 0.267 e. The first kappa shape index (κ1) is 22.9. The molecule has 1 aliphatic heterocycles. The zero-order valence-electron chi connectivity index (χ0n) is 19.7. The van der Waals surface area contributed by atoms with Crippen LogP contribution in [-0.2, 0) is 4.79 Å². The molecular formula is C30H26N2O2S. The minimum absolute atomic E-state index is 0.0589. The second-order valence-electron chi connectivity index (χ2n) is 8.23. The van der Waals surface area contributed by atoms with Crippen molar-refractivity contribution in [1.82, 2.24) is 4.90 Å². The van der Waals surface area contributed by atoms with Crippen LogP contribution in [0.15, 0.2) is 107 Å². The number of hydrogen-bond donors (Lipinski definition) is 0. The molecule has 5 rings (SSSR count). The number of amidine groups is 1. The molecule has 174 valence electrons. The van der Waals surface area contributed by atoms with Gasteiger partial charge in [-0.25, -0.2) is 4.99 Å². The van der Waals surface area contributed by atoms with E-state index in [9.17, 15) is 4.79 Å². The van der Waals surface area contributed by atoms with Gasteiger partial charge in [0.2, 0.25) is 0 Å². The van der Waals surface area contributed by atoms with Crippen LogP contribution in [0.2, 0.25) is 0 Å². The Labute approximate surface area is 210 Å². The molecule has 1 aliphatic rings. The first-order valence-corrected chi connectivity index (χ1v) is 12.5. The van der Waals surface area contributed by atoms with Gasteiger partial charge in [0.05, 0.1) is 23.2 Å². The van der Waals surface area contributed by atoms with E-state index in [1.54, 1.807) is 4.90 Å². The molecule has 4 aromatic carbocycles. The number of hydrogen-bond acceptors (Lipinski definition) is 4. The van der Waals surface area contributed by atoms with Crippen molar-refractivity contribution in [3.8, 4) is 5.75 Å². The normalized spacial score (nSPS) is 16.9. The molecule has 0 spiro atoms. The monoisotopic (exact) mass is 478 g/mol. The van der Waals surface area contributed by atoms with E-state index in [-0.39, 0.29) is 11.9 Å². The van der Waals surface area contributed by atoms with Gasteiger partial charge in [-0.05, 0) is 66.2 Å². The minimum atomic E-state index is -0.163. The largest absolute Gasteiger partial charge is 0.493 e. The summed E-state index contributed by atoms with van der Waals surface area (Å²) in [6.45, 7) is 4.56. The highest BCUT2D eigenvalue weighted by Gasteiger charge is 2.37. The zero-order chi connectivity index (χ0) is 24.2. The second-order valence-corrected chi connectivity index (χ2v) is 9.24.